The Balaban J connectivity index is 2.82. The second-order valence-corrected chi connectivity index (χ2v) is 4.92. The van der Waals surface area contributed by atoms with Crippen molar-refractivity contribution in [2.75, 3.05) is 18.1 Å². The molecule has 0 aliphatic carbocycles. The summed E-state index contributed by atoms with van der Waals surface area (Å²) < 4.78 is 0. The van der Waals surface area contributed by atoms with Crippen LogP contribution >= 0.6 is 23.4 Å². The van der Waals surface area contributed by atoms with Gasteiger partial charge in [-0.1, -0.05) is 18.5 Å². The third-order valence-corrected chi connectivity index (χ3v) is 3.17. The molecule has 88 valence electrons. The summed E-state index contributed by atoms with van der Waals surface area (Å²) in [6.07, 6.45) is 3.37. The normalized spacial score (nSPS) is 12.2. The van der Waals surface area contributed by atoms with E-state index < -0.39 is 4.92 Å². The maximum atomic E-state index is 10.7. The van der Waals surface area contributed by atoms with Crippen LogP contribution in [0.4, 0.5) is 11.5 Å². The van der Waals surface area contributed by atoms with E-state index >= 15 is 0 Å². The molecule has 0 spiro atoms. The summed E-state index contributed by atoms with van der Waals surface area (Å²) in [4.78, 5) is 14.2. The largest absolute Gasteiger partial charge is 0.363 e. The third-order valence-electron chi connectivity index (χ3n) is 1.99. The summed E-state index contributed by atoms with van der Waals surface area (Å²) >= 11 is 7.33. The number of pyridine rings is 1. The molecule has 0 aliphatic heterocycles. The van der Waals surface area contributed by atoms with Crippen LogP contribution in [0.5, 0.6) is 0 Å². The van der Waals surface area contributed by atoms with E-state index in [4.69, 9.17) is 11.6 Å². The maximum absolute atomic E-state index is 10.7. The zero-order valence-corrected chi connectivity index (χ0v) is 10.5. The molecule has 1 aromatic heterocycles. The summed E-state index contributed by atoms with van der Waals surface area (Å²) in [6.45, 7) is 2.65. The molecule has 0 amide bonds. The van der Waals surface area contributed by atoms with Crippen molar-refractivity contribution in [3.05, 3.63) is 27.4 Å². The van der Waals surface area contributed by atoms with Crippen molar-refractivity contribution in [3.8, 4) is 0 Å². The number of nitrogens with one attached hydrogen (secondary N) is 1. The number of anilines is 1. The molecule has 1 rings (SSSR count). The Morgan fingerprint density at radius 1 is 1.75 bits per heavy atom. The van der Waals surface area contributed by atoms with Gasteiger partial charge in [-0.25, -0.2) is 4.98 Å². The first-order chi connectivity index (χ1) is 7.54. The molecule has 1 aromatic rings. The van der Waals surface area contributed by atoms with E-state index in [9.17, 15) is 10.1 Å². The monoisotopic (exact) mass is 261 g/mol. The Kier molecular flexibility index (Phi) is 4.82. The lowest BCUT2D eigenvalue weighted by atomic mass is 10.3. The quantitative estimate of drug-likeness (QED) is 0.652. The molecule has 0 radical (unpaired) electrons. The average molecular weight is 262 g/mol. The highest BCUT2D eigenvalue weighted by molar-refractivity contribution is 7.99. The number of nitro groups is 1. The number of hydrogen-bond acceptors (Lipinski definition) is 5. The van der Waals surface area contributed by atoms with E-state index in [2.05, 4.69) is 10.3 Å². The predicted octanol–water partition coefficient (Wildman–Crippen LogP) is 2.81. The predicted molar refractivity (Wildman–Crippen MR) is 67.4 cm³/mol. The summed E-state index contributed by atoms with van der Waals surface area (Å²) in [6, 6.07) is 1.29. The minimum atomic E-state index is -0.495. The zero-order valence-electron chi connectivity index (χ0n) is 8.94. The molecule has 0 aliphatic rings. The first-order valence-electron chi connectivity index (χ1n) is 4.61. The number of thioether (sulfide) groups is 1. The average Bonchev–Trinajstić information content (AvgIpc) is 2.26. The second-order valence-electron chi connectivity index (χ2n) is 3.21. The topological polar surface area (TPSA) is 68.1 Å². The first kappa shape index (κ1) is 13.1. The fraction of sp³-hybridized carbons (Fsp3) is 0.444. The van der Waals surface area contributed by atoms with Crippen molar-refractivity contribution >= 4 is 34.9 Å². The van der Waals surface area contributed by atoms with Crippen molar-refractivity contribution in [1.82, 2.24) is 4.98 Å². The smallest absolute Gasteiger partial charge is 0.312 e. The highest BCUT2D eigenvalue weighted by Crippen LogP contribution is 2.25. The number of aromatic nitrogens is 1. The van der Waals surface area contributed by atoms with E-state index in [1.807, 2.05) is 13.2 Å². The van der Waals surface area contributed by atoms with Crippen LogP contribution in [0.25, 0.3) is 0 Å². The lowest BCUT2D eigenvalue weighted by Crippen LogP contribution is -2.14. The molecule has 16 heavy (non-hydrogen) atoms. The summed E-state index contributed by atoms with van der Waals surface area (Å²) in [5.41, 5.74) is -0.0965. The van der Waals surface area contributed by atoms with Gasteiger partial charge in [0, 0.05) is 24.1 Å². The van der Waals surface area contributed by atoms with Crippen LogP contribution in [0.15, 0.2) is 12.3 Å². The van der Waals surface area contributed by atoms with Gasteiger partial charge in [-0.15, -0.1) is 0 Å². The summed E-state index contributed by atoms with van der Waals surface area (Å²) in [7, 11) is 0. The van der Waals surface area contributed by atoms with Gasteiger partial charge in [0.05, 0.1) is 9.95 Å². The first-order valence-corrected chi connectivity index (χ1v) is 6.27. The van der Waals surface area contributed by atoms with Crippen molar-refractivity contribution in [2.24, 2.45) is 0 Å². The van der Waals surface area contributed by atoms with Gasteiger partial charge in [0.2, 0.25) is 5.82 Å². The molecule has 0 fully saturated rings. The van der Waals surface area contributed by atoms with Crippen LogP contribution in [-0.2, 0) is 0 Å². The van der Waals surface area contributed by atoms with E-state index in [1.54, 1.807) is 11.8 Å². The van der Waals surface area contributed by atoms with Crippen LogP contribution < -0.4 is 5.32 Å². The van der Waals surface area contributed by atoms with Crippen LogP contribution in [0.3, 0.4) is 0 Å². The van der Waals surface area contributed by atoms with E-state index in [0.29, 0.717) is 11.8 Å². The van der Waals surface area contributed by atoms with Crippen LogP contribution in [0.1, 0.15) is 6.92 Å². The highest BCUT2D eigenvalue weighted by atomic mass is 35.5. The Morgan fingerprint density at radius 3 is 3.00 bits per heavy atom. The molecule has 1 atom stereocenters. The molecule has 7 heteroatoms. The van der Waals surface area contributed by atoms with E-state index in [-0.39, 0.29) is 16.5 Å². The number of hydrogen-bond donors (Lipinski definition) is 1. The fourth-order valence-corrected chi connectivity index (χ4v) is 1.43. The molecular formula is C9H12ClN3O2S. The van der Waals surface area contributed by atoms with Gasteiger partial charge < -0.3 is 5.32 Å². The van der Waals surface area contributed by atoms with Crippen LogP contribution in [0.2, 0.25) is 5.02 Å². The second kappa shape index (κ2) is 5.91. The molecule has 0 bridgehead atoms. The van der Waals surface area contributed by atoms with Gasteiger partial charge >= 0.3 is 5.69 Å². The Bertz CT molecular complexity index is 389. The molecular weight excluding hydrogens is 250 g/mol. The zero-order chi connectivity index (χ0) is 12.1. The number of rotatable bonds is 5. The lowest BCUT2D eigenvalue weighted by Gasteiger charge is -2.10. The molecule has 0 saturated heterocycles. The third kappa shape index (κ3) is 3.53. The fourth-order valence-electron chi connectivity index (χ4n) is 1.03. The lowest BCUT2D eigenvalue weighted by molar-refractivity contribution is -0.384. The van der Waals surface area contributed by atoms with Gasteiger partial charge in [0.15, 0.2) is 0 Å². The molecule has 0 saturated carbocycles. The van der Waals surface area contributed by atoms with Crippen molar-refractivity contribution in [3.63, 3.8) is 0 Å². The van der Waals surface area contributed by atoms with Gasteiger partial charge in [0.25, 0.3) is 0 Å². The van der Waals surface area contributed by atoms with Gasteiger partial charge in [0.1, 0.15) is 0 Å². The number of halogens is 1. The molecule has 1 unspecified atom stereocenters. The molecule has 0 aromatic carbocycles. The molecule has 1 heterocycles. The van der Waals surface area contributed by atoms with E-state index in [0.717, 1.165) is 0 Å². The Morgan fingerprint density at radius 2 is 2.44 bits per heavy atom. The summed E-state index contributed by atoms with van der Waals surface area (Å²) in [5, 5.41) is 14.3. The Hall–Kier alpha value is -1.01. The van der Waals surface area contributed by atoms with Crippen LogP contribution in [0, 0.1) is 10.1 Å². The van der Waals surface area contributed by atoms with Crippen molar-refractivity contribution in [1.29, 1.82) is 0 Å². The van der Waals surface area contributed by atoms with Crippen LogP contribution in [-0.4, -0.2) is 28.0 Å². The highest BCUT2D eigenvalue weighted by Gasteiger charge is 2.16. The maximum Gasteiger partial charge on any atom is 0.312 e. The molecule has 5 nitrogen and oxygen atoms in total. The van der Waals surface area contributed by atoms with Gasteiger partial charge in [-0.3, -0.25) is 10.1 Å². The summed E-state index contributed by atoms with van der Waals surface area (Å²) in [5.74, 6) is 0.260. The van der Waals surface area contributed by atoms with Gasteiger partial charge in [-0.05, 0) is 6.26 Å². The Labute approximate surface area is 103 Å². The number of nitrogens with zero attached hydrogens (tertiary/aromatic N) is 2. The SMILES string of the molecule is CSC(C)CNc1ncc(Cl)cc1[N+](=O)[O-]. The molecule has 1 N–H and O–H groups in total. The minimum Gasteiger partial charge on any atom is -0.363 e. The van der Waals surface area contributed by atoms with Crippen molar-refractivity contribution in [2.45, 2.75) is 12.2 Å². The van der Waals surface area contributed by atoms with Crippen molar-refractivity contribution < 1.29 is 4.92 Å². The van der Waals surface area contributed by atoms with Gasteiger partial charge in [-0.2, -0.15) is 11.8 Å². The minimum absolute atomic E-state index is 0.0965. The van der Waals surface area contributed by atoms with E-state index in [1.165, 1.54) is 12.3 Å². The standard InChI is InChI=1S/C9H12ClN3O2S/c1-6(16-2)4-11-9-8(13(14)15)3-7(10)5-12-9/h3,5-6H,4H2,1-2H3,(H,11,12).